The third-order valence-corrected chi connectivity index (χ3v) is 4.24. The first-order chi connectivity index (χ1) is 14.5. The number of amides is 2. The summed E-state index contributed by atoms with van der Waals surface area (Å²) in [6.07, 6.45) is 0.563. The zero-order valence-electron chi connectivity index (χ0n) is 16.1. The van der Waals surface area contributed by atoms with Gasteiger partial charge in [-0.2, -0.15) is 0 Å². The maximum Gasteiger partial charge on any atom is 0.291 e. The summed E-state index contributed by atoms with van der Waals surface area (Å²) < 4.78 is 27.5. The highest BCUT2D eigenvalue weighted by molar-refractivity contribution is 5.90. The third-order valence-electron chi connectivity index (χ3n) is 4.24. The number of para-hydroxylation sites is 1. The van der Waals surface area contributed by atoms with E-state index in [0.29, 0.717) is 23.5 Å². The SMILES string of the molecule is C[C@H](CNc1cccc(F)c1NC=O)NC(=O)c1n[nH]c(Cc2ccccc2F)n1. The van der Waals surface area contributed by atoms with Gasteiger partial charge < -0.3 is 16.0 Å². The van der Waals surface area contributed by atoms with Crippen LogP contribution in [0.25, 0.3) is 0 Å². The molecule has 0 saturated heterocycles. The van der Waals surface area contributed by atoms with Crippen molar-refractivity contribution < 1.29 is 18.4 Å². The highest BCUT2D eigenvalue weighted by Gasteiger charge is 2.16. The maximum atomic E-state index is 13.8. The van der Waals surface area contributed by atoms with Crippen LogP contribution >= 0.6 is 0 Å². The molecular weight excluding hydrogens is 394 g/mol. The number of nitrogens with one attached hydrogen (secondary N) is 4. The Morgan fingerprint density at radius 1 is 1.17 bits per heavy atom. The molecule has 30 heavy (non-hydrogen) atoms. The third kappa shape index (κ3) is 5.16. The van der Waals surface area contributed by atoms with Crippen molar-refractivity contribution in [2.75, 3.05) is 17.2 Å². The van der Waals surface area contributed by atoms with E-state index in [-0.39, 0.29) is 36.3 Å². The Kier molecular flexibility index (Phi) is 6.68. The summed E-state index contributed by atoms with van der Waals surface area (Å²) in [5.74, 6) is -1.15. The highest BCUT2D eigenvalue weighted by Crippen LogP contribution is 2.24. The fraction of sp³-hybridized carbons (Fsp3) is 0.200. The van der Waals surface area contributed by atoms with Crippen molar-refractivity contribution >= 4 is 23.7 Å². The molecule has 0 spiro atoms. The van der Waals surface area contributed by atoms with Gasteiger partial charge in [0.15, 0.2) is 0 Å². The molecule has 0 aliphatic carbocycles. The molecule has 156 valence electrons. The summed E-state index contributed by atoms with van der Waals surface area (Å²) in [6.45, 7) is 2.00. The van der Waals surface area contributed by atoms with Crippen LogP contribution in [0.2, 0.25) is 0 Å². The van der Waals surface area contributed by atoms with Gasteiger partial charge in [0.05, 0.1) is 5.69 Å². The topological polar surface area (TPSA) is 112 Å². The number of anilines is 2. The van der Waals surface area contributed by atoms with Gasteiger partial charge in [-0.3, -0.25) is 14.7 Å². The average Bonchev–Trinajstić information content (AvgIpc) is 3.19. The van der Waals surface area contributed by atoms with Gasteiger partial charge in [-0.1, -0.05) is 24.3 Å². The summed E-state index contributed by atoms with van der Waals surface area (Å²) in [7, 11) is 0. The lowest BCUT2D eigenvalue weighted by atomic mass is 10.1. The number of hydrogen-bond donors (Lipinski definition) is 4. The Morgan fingerprint density at radius 2 is 1.93 bits per heavy atom. The Labute approximate surface area is 171 Å². The van der Waals surface area contributed by atoms with Gasteiger partial charge in [-0.25, -0.2) is 13.8 Å². The molecule has 2 amide bonds. The summed E-state index contributed by atoms with van der Waals surface area (Å²) in [5.41, 5.74) is 0.846. The number of rotatable bonds is 9. The zero-order chi connectivity index (χ0) is 21.5. The fourth-order valence-electron chi connectivity index (χ4n) is 2.78. The quantitative estimate of drug-likeness (QED) is 0.402. The Hall–Kier alpha value is -3.82. The number of aromatic amines is 1. The van der Waals surface area contributed by atoms with Crippen molar-refractivity contribution in [3.8, 4) is 0 Å². The normalized spacial score (nSPS) is 11.6. The van der Waals surface area contributed by atoms with Gasteiger partial charge >= 0.3 is 0 Å². The van der Waals surface area contributed by atoms with Gasteiger partial charge in [-0.15, -0.1) is 5.10 Å². The van der Waals surface area contributed by atoms with E-state index >= 15 is 0 Å². The minimum Gasteiger partial charge on any atom is -0.381 e. The first kappa shape index (κ1) is 20.9. The molecule has 4 N–H and O–H groups in total. The van der Waals surface area contributed by atoms with Crippen LogP contribution in [-0.4, -0.2) is 40.1 Å². The predicted molar refractivity (Wildman–Crippen MR) is 107 cm³/mol. The van der Waals surface area contributed by atoms with Crippen LogP contribution in [-0.2, 0) is 11.2 Å². The van der Waals surface area contributed by atoms with Gasteiger partial charge in [0.1, 0.15) is 23.1 Å². The molecule has 1 aromatic heterocycles. The van der Waals surface area contributed by atoms with Crippen molar-refractivity contribution in [3.05, 3.63) is 71.3 Å². The molecule has 3 aromatic rings. The molecule has 0 saturated carbocycles. The van der Waals surface area contributed by atoms with Gasteiger partial charge in [0.25, 0.3) is 5.91 Å². The molecule has 0 bridgehead atoms. The van der Waals surface area contributed by atoms with Gasteiger partial charge in [0, 0.05) is 19.0 Å². The summed E-state index contributed by atoms with van der Waals surface area (Å²) in [5, 5.41) is 14.5. The number of nitrogens with zero attached hydrogens (tertiary/aromatic N) is 2. The lowest BCUT2D eigenvalue weighted by Gasteiger charge is -2.16. The number of aromatic nitrogens is 3. The molecule has 0 unspecified atom stereocenters. The monoisotopic (exact) mass is 414 g/mol. The minimum atomic E-state index is -0.577. The number of carbonyl (C=O) groups excluding carboxylic acids is 2. The van der Waals surface area contributed by atoms with E-state index in [0.717, 1.165) is 0 Å². The van der Waals surface area contributed by atoms with E-state index in [1.54, 1.807) is 31.2 Å². The molecule has 0 radical (unpaired) electrons. The molecule has 0 aliphatic rings. The Balaban J connectivity index is 1.56. The van der Waals surface area contributed by atoms with Crippen LogP contribution < -0.4 is 16.0 Å². The molecule has 3 rings (SSSR count). The minimum absolute atomic E-state index is 0.0257. The standard InChI is InChI=1S/C20H20F2N6O2/c1-12(10-23-16-8-4-7-15(22)18(16)24-11-29)25-20(30)19-26-17(27-28-19)9-13-5-2-3-6-14(13)21/h2-8,11-12,23H,9-10H2,1H3,(H,24,29)(H,25,30)(H,26,27,28)/t12-/m1/s1. The number of benzene rings is 2. The van der Waals surface area contributed by atoms with Crippen LogP contribution in [0.4, 0.5) is 20.2 Å². The highest BCUT2D eigenvalue weighted by atomic mass is 19.1. The molecule has 2 aromatic carbocycles. The van der Waals surface area contributed by atoms with E-state index < -0.39 is 11.7 Å². The van der Waals surface area contributed by atoms with Crippen molar-refractivity contribution in [3.63, 3.8) is 0 Å². The van der Waals surface area contributed by atoms with Crippen LogP contribution in [0.1, 0.15) is 28.9 Å². The number of H-pyrrole nitrogens is 1. The molecule has 1 heterocycles. The van der Waals surface area contributed by atoms with Crippen LogP contribution in [0, 0.1) is 11.6 Å². The van der Waals surface area contributed by atoms with Gasteiger partial charge in [0.2, 0.25) is 12.2 Å². The van der Waals surface area contributed by atoms with Crippen LogP contribution in [0.3, 0.4) is 0 Å². The summed E-state index contributed by atoms with van der Waals surface area (Å²) >= 11 is 0. The maximum absolute atomic E-state index is 13.8. The second-order valence-electron chi connectivity index (χ2n) is 6.55. The Bertz CT molecular complexity index is 1040. The summed E-state index contributed by atoms with van der Waals surface area (Å²) in [6, 6.07) is 10.3. The average molecular weight is 414 g/mol. The first-order valence-corrected chi connectivity index (χ1v) is 9.16. The predicted octanol–water partition coefficient (Wildman–Crippen LogP) is 2.47. The lowest BCUT2D eigenvalue weighted by Crippen LogP contribution is -2.38. The van der Waals surface area contributed by atoms with E-state index in [9.17, 15) is 18.4 Å². The van der Waals surface area contributed by atoms with Crippen LogP contribution in [0.15, 0.2) is 42.5 Å². The van der Waals surface area contributed by atoms with Crippen molar-refractivity contribution in [1.29, 1.82) is 0 Å². The van der Waals surface area contributed by atoms with E-state index in [1.165, 1.54) is 18.2 Å². The zero-order valence-corrected chi connectivity index (χ0v) is 16.1. The lowest BCUT2D eigenvalue weighted by molar-refractivity contribution is -0.105. The van der Waals surface area contributed by atoms with E-state index in [1.807, 2.05) is 0 Å². The fourth-order valence-corrected chi connectivity index (χ4v) is 2.78. The smallest absolute Gasteiger partial charge is 0.291 e. The van der Waals surface area contributed by atoms with Crippen molar-refractivity contribution in [2.24, 2.45) is 0 Å². The van der Waals surface area contributed by atoms with E-state index in [2.05, 4.69) is 31.1 Å². The molecule has 10 heteroatoms. The van der Waals surface area contributed by atoms with Crippen molar-refractivity contribution in [1.82, 2.24) is 20.5 Å². The van der Waals surface area contributed by atoms with E-state index in [4.69, 9.17) is 0 Å². The second kappa shape index (κ2) is 9.59. The summed E-state index contributed by atoms with van der Waals surface area (Å²) in [4.78, 5) is 27.1. The molecule has 1 atom stereocenters. The molecule has 0 aliphatic heterocycles. The number of halogens is 2. The largest absolute Gasteiger partial charge is 0.381 e. The molecular formula is C20H20F2N6O2. The molecule has 0 fully saturated rings. The Morgan fingerprint density at radius 3 is 2.70 bits per heavy atom. The molecule has 8 nitrogen and oxygen atoms in total. The van der Waals surface area contributed by atoms with Gasteiger partial charge in [-0.05, 0) is 30.7 Å². The number of carbonyl (C=O) groups is 2. The van der Waals surface area contributed by atoms with Crippen LogP contribution in [0.5, 0.6) is 0 Å². The first-order valence-electron chi connectivity index (χ1n) is 9.16. The number of hydrogen-bond acceptors (Lipinski definition) is 5. The van der Waals surface area contributed by atoms with Crippen molar-refractivity contribution in [2.45, 2.75) is 19.4 Å². The second-order valence-corrected chi connectivity index (χ2v) is 6.55.